The summed E-state index contributed by atoms with van der Waals surface area (Å²) >= 11 is 0. The van der Waals surface area contributed by atoms with Crippen LogP contribution in [0.15, 0.2) is 18.2 Å². The number of hydrogen-bond donors (Lipinski definition) is 1. The average Bonchev–Trinajstić information content (AvgIpc) is 2.41. The van der Waals surface area contributed by atoms with E-state index in [1.807, 2.05) is 6.07 Å². The minimum atomic E-state index is -0.440. The summed E-state index contributed by atoms with van der Waals surface area (Å²) in [6, 6.07) is 6.39. The van der Waals surface area contributed by atoms with Gasteiger partial charge < -0.3 is 9.84 Å². The molecule has 2 rings (SSSR count). The highest BCUT2D eigenvalue weighted by Crippen LogP contribution is 2.36. The summed E-state index contributed by atoms with van der Waals surface area (Å²) in [6.45, 7) is 8.68. The monoisotopic (exact) mass is 249 g/mol. The van der Waals surface area contributed by atoms with Gasteiger partial charge in [0.25, 0.3) is 0 Å². The Morgan fingerprint density at radius 3 is 2.61 bits per heavy atom. The number of hydrogen-bond acceptors (Lipinski definition) is 3. The molecule has 1 aliphatic rings. The van der Waals surface area contributed by atoms with Crippen molar-refractivity contribution in [3.05, 3.63) is 29.3 Å². The van der Waals surface area contributed by atoms with Crippen molar-refractivity contribution in [2.75, 3.05) is 19.7 Å². The van der Waals surface area contributed by atoms with Gasteiger partial charge in [0.1, 0.15) is 18.5 Å². The molecule has 2 atom stereocenters. The maximum Gasteiger partial charge on any atom is 0.124 e. The molecule has 0 bridgehead atoms. The standard InChI is InChI=1S/C15H23NO2/c1-4-11-7-8-14-12(9-11)15(13(17)10-18-14)16(5-2)6-3/h7-9,13,15,17H,4-6,10H2,1-3H3. The minimum Gasteiger partial charge on any atom is -0.490 e. The quantitative estimate of drug-likeness (QED) is 0.889. The van der Waals surface area contributed by atoms with E-state index in [0.29, 0.717) is 6.61 Å². The van der Waals surface area contributed by atoms with E-state index in [0.717, 1.165) is 30.8 Å². The number of aliphatic hydroxyl groups excluding tert-OH is 1. The smallest absolute Gasteiger partial charge is 0.124 e. The van der Waals surface area contributed by atoms with Gasteiger partial charge in [0.2, 0.25) is 0 Å². The van der Waals surface area contributed by atoms with Crippen molar-refractivity contribution in [2.45, 2.75) is 39.3 Å². The van der Waals surface area contributed by atoms with Crippen molar-refractivity contribution < 1.29 is 9.84 Å². The lowest BCUT2D eigenvalue weighted by atomic mass is 9.94. The Labute approximate surface area is 109 Å². The predicted molar refractivity (Wildman–Crippen MR) is 73.0 cm³/mol. The fourth-order valence-electron chi connectivity index (χ4n) is 2.71. The van der Waals surface area contributed by atoms with Crippen LogP contribution in [0.2, 0.25) is 0 Å². The molecule has 0 spiro atoms. The second-order valence-corrected chi connectivity index (χ2v) is 4.77. The lowest BCUT2D eigenvalue weighted by molar-refractivity contribution is 0.00363. The van der Waals surface area contributed by atoms with Crippen LogP contribution >= 0.6 is 0 Å². The van der Waals surface area contributed by atoms with Crippen LogP contribution in [0.5, 0.6) is 5.75 Å². The number of ether oxygens (including phenoxy) is 1. The Morgan fingerprint density at radius 2 is 2.00 bits per heavy atom. The van der Waals surface area contributed by atoms with Crippen LogP contribution in [0.25, 0.3) is 0 Å². The number of benzene rings is 1. The van der Waals surface area contributed by atoms with E-state index in [4.69, 9.17) is 4.74 Å². The van der Waals surface area contributed by atoms with Gasteiger partial charge in [-0.2, -0.15) is 0 Å². The van der Waals surface area contributed by atoms with Gasteiger partial charge in [0, 0.05) is 5.56 Å². The van der Waals surface area contributed by atoms with Gasteiger partial charge in [-0.1, -0.05) is 32.9 Å². The molecule has 0 saturated carbocycles. The van der Waals surface area contributed by atoms with E-state index >= 15 is 0 Å². The summed E-state index contributed by atoms with van der Waals surface area (Å²) in [6.07, 6.45) is 0.568. The summed E-state index contributed by atoms with van der Waals surface area (Å²) in [7, 11) is 0. The Morgan fingerprint density at radius 1 is 1.28 bits per heavy atom. The molecule has 2 unspecified atom stereocenters. The van der Waals surface area contributed by atoms with Crippen molar-refractivity contribution in [2.24, 2.45) is 0 Å². The Bertz CT molecular complexity index is 401. The number of aliphatic hydroxyl groups is 1. The molecular formula is C15H23NO2. The van der Waals surface area contributed by atoms with Crippen LogP contribution < -0.4 is 4.74 Å². The van der Waals surface area contributed by atoms with Crippen LogP contribution in [-0.2, 0) is 6.42 Å². The molecule has 0 fully saturated rings. The number of nitrogens with zero attached hydrogens (tertiary/aromatic N) is 1. The molecule has 1 heterocycles. The second kappa shape index (κ2) is 5.72. The molecule has 100 valence electrons. The molecule has 0 saturated heterocycles. The van der Waals surface area contributed by atoms with Gasteiger partial charge in [-0.3, -0.25) is 4.90 Å². The van der Waals surface area contributed by atoms with Gasteiger partial charge in [-0.05, 0) is 31.1 Å². The topological polar surface area (TPSA) is 32.7 Å². The van der Waals surface area contributed by atoms with Gasteiger partial charge >= 0.3 is 0 Å². The van der Waals surface area contributed by atoms with Gasteiger partial charge in [0.05, 0.1) is 6.04 Å². The van der Waals surface area contributed by atoms with Crippen molar-refractivity contribution in [1.82, 2.24) is 4.90 Å². The van der Waals surface area contributed by atoms with Crippen molar-refractivity contribution in [3.63, 3.8) is 0 Å². The zero-order valence-corrected chi connectivity index (χ0v) is 11.5. The molecule has 0 radical (unpaired) electrons. The van der Waals surface area contributed by atoms with E-state index < -0.39 is 6.10 Å². The molecule has 1 aromatic carbocycles. The first-order valence-electron chi connectivity index (χ1n) is 6.88. The summed E-state index contributed by atoms with van der Waals surface area (Å²) in [5.74, 6) is 0.925. The molecule has 0 amide bonds. The van der Waals surface area contributed by atoms with Crippen LogP contribution in [-0.4, -0.2) is 35.8 Å². The Kier molecular flexibility index (Phi) is 4.25. The largest absolute Gasteiger partial charge is 0.490 e. The SMILES string of the molecule is CCc1ccc2c(c1)C(N(CC)CC)C(O)CO2. The zero-order chi connectivity index (χ0) is 13.1. The Balaban J connectivity index is 2.41. The number of fused-ring (bicyclic) bond motifs is 1. The maximum atomic E-state index is 10.2. The third-order valence-corrected chi connectivity index (χ3v) is 3.78. The Hall–Kier alpha value is -1.06. The zero-order valence-electron chi connectivity index (χ0n) is 11.5. The molecule has 18 heavy (non-hydrogen) atoms. The minimum absolute atomic E-state index is 0.0650. The number of aryl methyl sites for hydroxylation is 1. The molecular weight excluding hydrogens is 226 g/mol. The summed E-state index contributed by atoms with van der Waals surface area (Å²) in [5, 5.41) is 10.2. The summed E-state index contributed by atoms with van der Waals surface area (Å²) in [4.78, 5) is 2.30. The first-order valence-corrected chi connectivity index (χ1v) is 6.88. The third kappa shape index (κ3) is 2.38. The molecule has 3 heteroatoms. The molecule has 0 aromatic heterocycles. The first kappa shape index (κ1) is 13.4. The highest BCUT2D eigenvalue weighted by Gasteiger charge is 2.33. The highest BCUT2D eigenvalue weighted by molar-refractivity contribution is 5.41. The summed E-state index contributed by atoms with van der Waals surface area (Å²) < 4.78 is 5.63. The first-order chi connectivity index (χ1) is 8.71. The van der Waals surface area contributed by atoms with Crippen molar-refractivity contribution in [1.29, 1.82) is 0 Å². The van der Waals surface area contributed by atoms with E-state index in [9.17, 15) is 5.11 Å². The van der Waals surface area contributed by atoms with Gasteiger partial charge in [-0.25, -0.2) is 0 Å². The van der Waals surface area contributed by atoms with E-state index in [1.165, 1.54) is 5.56 Å². The fraction of sp³-hybridized carbons (Fsp3) is 0.600. The summed E-state index contributed by atoms with van der Waals surface area (Å²) in [5.41, 5.74) is 2.43. The third-order valence-electron chi connectivity index (χ3n) is 3.78. The van der Waals surface area contributed by atoms with Crippen LogP contribution in [0.1, 0.15) is 37.9 Å². The lowest BCUT2D eigenvalue weighted by Gasteiger charge is -2.38. The molecule has 3 nitrogen and oxygen atoms in total. The van der Waals surface area contributed by atoms with Crippen LogP contribution in [0.3, 0.4) is 0 Å². The number of likely N-dealkylation sites (N-methyl/N-ethyl adjacent to an activating group) is 1. The highest BCUT2D eigenvalue weighted by atomic mass is 16.5. The maximum absolute atomic E-state index is 10.2. The van der Waals surface area contributed by atoms with E-state index in [1.54, 1.807) is 0 Å². The van der Waals surface area contributed by atoms with E-state index in [2.05, 4.69) is 37.8 Å². The van der Waals surface area contributed by atoms with Crippen LogP contribution in [0.4, 0.5) is 0 Å². The fourth-order valence-corrected chi connectivity index (χ4v) is 2.71. The second-order valence-electron chi connectivity index (χ2n) is 4.77. The molecule has 0 aliphatic carbocycles. The normalized spacial score (nSPS) is 22.7. The molecule has 1 N–H and O–H groups in total. The van der Waals surface area contributed by atoms with Gasteiger partial charge in [-0.15, -0.1) is 0 Å². The van der Waals surface area contributed by atoms with E-state index in [-0.39, 0.29) is 6.04 Å². The predicted octanol–water partition coefficient (Wildman–Crippen LogP) is 2.39. The lowest BCUT2D eigenvalue weighted by Crippen LogP contribution is -2.42. The number of rotatable bonds is 4. The van der Waals surface area contributed by atoms with Gasteiger partial charge in [0.15, 0.2) is 0 Å². The van der Waals surface area contributed by atoms with Crippen LogP contribution in [0, 0.1) is 0 Å². The molecule has 1 aromatic rings. The van der Waals surface area contributed by atoms with Crippen molar-refractivity contribution in [3.8, 4) is 5.75 Å². The van der Waals surface area contributed by atoms with Crippen molar-refractivity contribution >= 4 is 0 Å². The average molecular weight is 249 g/mol. The molecule has 1 aliphatic heterocycles.